The molecule has 0 N–H and O–H groups in total. The van der Waals surface area contributed by atoms with Crippen LogP contribution in [0.5, 0.6) is 5.75 Å². The van der Waals surface area contributed by atoms with Crippen LogP contribution in [-0.2, 0) is 9.47 Å². The normalized spacial score (nSPS) is 18.7. The van der Waals surface area contributed by atoms with Crippen LogP contribution in [0.15, 0.2) is 54.6 Å². The molecule has 1 saturated heterocycles. The van der Waals surface area contributed by atoms with Crippen LogP contribution in [0.25, 0.3) is 0 Å². The van der Waals surface area contributed by atoms with Gasteiger partial charge in [0.05, 0.1) is 0 Å². The Morgan fingerprint density at radius 2 is 1.87 bits per heavy atom. The van der Waals surface area contributed by atoms with Gasteiger partial charge in [0.1, 0.15) is 0 Å². The number of ether oxygens (including phenoxy) is 3. The Morgan fingerprint density at radius 1 is 1.13 bits per heavy atom. The van der Waals surface area contributed by atoms with E-state index >= 15 is 0 Å². The zero-order chi connectivity index (χ0) is 16.1. The molecule has 0 saturated carbocycles. The topological polar surface area (TPSA) is 44.8 Å². The van der Waals surface area contributed by atoms with Crippen molar-refractivity contribution in [3.8, 4) is 5.75 Å². The van der Waals surface area contributed by atoms with Crippen LogP contribution in [0.1, 0.15) is 16.8 Å². The molecule has 5 heteroatoms. The molecular weight excluding hydrogens is 359 g/mol. The molecule has 0 spiro atoms. The van der Waals surface area contributed by atoms with Gasteiger partial charge in [-0.2, -0.15) is 0 Å². The fourth-order valence-electron chi connectivity index (χ4n) is 2.49. The summed E-state index contributed by atoms with van der Waals surface area (Å²) in [4.78, 5) is 11.7. The molecule has 0 aromatic heterocycles. The summed E-state index contributed by atoms with van der Waals surface area (Å²) in [6, 6.07) is 18.3. The van der Waals surface area contributed by atoms with Gasteiger partial charge in [0.25, 0.3) is 0 Å². The number of methoxy groups -OCH3 is 1. The average Bonchev–Trinajstić information content (AvgIpc) is 2.61. The van der Waals surface area contributed by atoms with Crippen molar-refractivity contribution in [3.05, 3.63) is 60.2 Å². The first kappa shape index (κ1) is 15.9. The van der Waals surface area contributed by atoms with Gasteiger partial charge in [-0.25, -0.2) is 0 Å². The van der Waals surface area contributed by atoms with Crippen LogP contribution in [-0.4, -0.2) is 40.9 Å². The van der Waals surface area contributed by atoms with Crippen molar-refractivity contribution >= 4 is 25.6 Å². The molecule has 2 aromatic carbocycles. The van der Waals surface area contributed by atoms with E-state index in [1.165, 1.54) is 10.0 Å². The molecule has 1 fully saturated rings. The summed E-state index contributed by atoms with van der Waals surface area (Å²) in [6.07, 6.45) is 0.0249. The third kappa shape index (κ3) is 4.06. The van der Waals surface area contributed by atoms with Crippen LogP contribution in [0.2, 0.25) is 0 Å². The molecule has 2 atom stereocenters. The van der Waals surface area contributed by atoms with Crippen LogP contribution in [0.4, 0.5) is 4.79 Å². The second-order valence-electron chi connectivity index (χ2n) is 5.17. The first-order chi connectivity index (χ1) is 11.3. The molecule has 1 heterocycles. The Labute approximate surface area is 141 Å². The second kappa shape index (κ2) is 7.53. The van der Waals surface area contributed by atoms with E-state index in [9.17, 15) is 4.79 Å². The van der Waals surface area contributed by atoms with Gasteiger partial charge < -0.3 is 0 Å². The van der Waals surface area contributed by atoms with E-state index in [1.807, 2.05) is 30.3 Å². The van der Waals surface area contributed by atoms with E-state index in [1.54, 1.807) is 7.11 Å². The summed E-state index contributed by atoms with van der Waals surface area (Å²) in [5.41, 5.74) is 1.20. The van der Waals surface area contributed by atoms with Gasteiger partial charge in [-0.05, 0) is 0 Å². The summed E-state index contributed by atoms with van der Waals surface area (Å²) in [5.74, 6) is 0.846. The molecule has 0 amide bonds. The Bertz CT molecular complexity index is 642. The van der Waals surface area contributed by atoms with Crippen molar-refractivity contribution in [1.29, 1.82) is 0 Å². The SMILES string of the molecule is COc1ccc([Se][C@@H](c2ccccc2)[C@H]2CCOC(=O)O2)cc1. The van der Waals surface area contributed by atoms with Gasteiger partial charge in [-0.15, -0.1) is 0 Å². The predicted molar refractivity (Wildman–Crippen MR) is 88.4 cm³/mol. The monoisotopic (exact) mass is 378 g/mol. The van der Waals surface area contributed by atoms with Gasteiger partial charge >= 0.3 is 142 Å². The summed E-state index contributed by atoms with van der Waals surface area (Å²) in [7, 11) is 1.66. The summed E-state index contributed by atoms with van der Waals surface area (Å²) >= 11 is 0.135. The zero-order valence-electron chi connectivity index (χ0n) is 12.8. The molecule has 120 valence electrons. The Morgan fingerprint density at radius 3 is 2.52 bits per heavy atom. The van der Waals surface area contributed by atoms with Crippen LogP contribution in [0, 0.1) is 0 Å². The standard InChI is InChI=1S/C18H18O4Se/c1-20-14-7-9-15(10-8-14)23-17(13-5-3-2-4-6-13)16-11-12-21-18(19)22-16/h2-10,16-17H,11-12H2,1H3/t16-,17+/m1/s1. The van der Waals surface area contributed by atoms with Gasteiger partial charge in [-0.3, -0.25) is 0 Å². The molecule has 23 heavy (non-hydrogen) atoms. The van der Waals surface area contributed by atoms with Crippen molar-refractivity contribution in [2.75, 3.05) is 13.7 Å². The van der Waals surface area contributed by atoms with Gasteiger partial charge in [0, 0.05) is 0 Å². The van der Waals surface area contributed by atoms with E-state index in [0.29, 0.717) is 6.61 Å². The molecule has 3 rings (SSSR count). The number of carbonyl (C=O) groups excluding carboxylic acids is 1. The first-order valence-corrected chi connectivity index (χ1v) is 9.30. The second-order valence-corrected chi connectivity index (χ2v) is 7.72. The predicted octanol–water partition coefficient (Wildman–Crippen LogP) is 2.69. The van der Waals surface area contributed by atoms with E-state index in [4.69, 9.17) is 14.2 Å². The van der Waals surface area contributed by atoms with Crippen LogP contribution in [0.3, 0.4) is 0 Å². The van der Waals surface area contributed by atoms with E-state index in [2.05, 4.69) is 24.3 Å². The molecule has 0 bridgehead atoms. The van der Waals surface area contributed by atoms with Crippen LogP contribution >= 0.6 is 0 Å². The fraction of sp³-hybridized carbons (Fsp3) is 0.278. The van der Waals surface area contributed by atoms with Crippen molar-refractivity contribution in [2.24, 2.45) is 0 Å². The van der Waals surface area contributed by atoms with Crippen molar-refractivity contribution in [3.63, 3.8) is 0 Å². The number of benzene rings is 2. The molecule has 1 aliphatic rings. The van der Waals surface area contributed by atoms with Crippen LogP contribution < -0.4 is 9.20 Å². The average molecular weight is 377 g/mol. The molecule has 2 aromatic rings. The van der Waals surface area contributed by atoms with E-state index in [0.717, 1.165) is 12.2 Å². The zero-order valence-corrected chi connectivity index (χ0v) is 14.5. The van der Waals surface area contributed by atoms with Gasteiger partial charge in [0.15, 0.2) is 0 Å². The maximum absolute atomic E-state index is 11.5. The third-order valence-corrected chi connectivity index (χ3v) is 6.54. The Kier molecular flexibility index (Phi) is 5.21. The summed E-state index contributed by atoms with van der Waals surface area (Å²) in [5, 5.41) is 0. The third-order valence-electron chi connectivity index (χ3n) is 3.66. The number of carbonyl (C=O) groups is 1. The minimum absolute atomic E-state index is 0.135. The fourth-order valence-corrected chi connectivity index (χ4v) is 5.06. The van der Waals surface area contributed by atoms with Crippen molar-refractivity contribution < 1.29 is 19.0 Å². The van der Waals surface area contributed by atoms with E-state index in [-0.39, 0.29) is 25.9 Å². The Hall–Kier alpha value is -1.97. The summed E-state index contributed by atoms with van der Waals surface area (Å²) < 4.78 is 16.8. The Balaban J connectivity index is 1.83. The summed E-state index contributed by atoms with van der Waals surface area (Å²) in [6.45, 7) is 0.422. The number of cyclic esters (lactones) is 2. The molecule has 4 nitrogen and oxygen atoms in total. The molecule has 1 aliphatic heterocycles. The molecule has 0 radical (unpaired) electrons. The number of rotatable bonds is 5. The van der Waals surface area contributed by atoms with Crippen molar-refractivity contribution in [1.82, 2.24) is 0 Å². The quantitative estimate of drug-likeness (QED) is 0.594. The molecule has 0 unspecified atom stereocenters. The molecule has 0 aliphatic carbocycles. The van der Waals surface area contributed by atoms with E-state index < -0.39 is 6.16 Å². The number of hydrogen-bond donors (Lipinski definition) is 0. The van der Waals surface area contributed by atoms with Gasteiger partial charge in [-0.1, -0.05) is 0 Å². The maximum atomic E-state index is 11.5. The van der Waals surface area contributed by atoms with Gasteiger partial charge in [0.2, 0.25) is 0 Å². The number of hydrogen-bond acceptors (Lipinski definition) is 4. The minimum atomic E-state index is -0.562. The molecular formula is C18H18O4Se. The van der Waals surface area contributed by atoms with Crippen molar-refractivity contribution in [2.45, 2.75) is 17.3 Å². The first-order valence-electron chi connectivity index (χ1n) is 7.45.